The van der Waals surface area contributed by atoms with E-state index in [4.69, 9.17) is 11.6 Å². The van der Waals surface area contributed by atoms with Crippen LogP contribution in [-0.2, 0) is 26.8 Å². The average molecular weight is 551 g/mol. The number of benzene rings is 2. The molecule has 0 spiro atoms. The van der Waals surface area contributed by atoms with Gasteiger partial charge in [0, 0.05) is 46.6 Å². The summed E-state index contributed by atoms with van der Waals surface area (Å²) in [4.78, 5) is 23.0. The number of Topliss-reactive ketones (excluding diaryl/α,β-unsaturated/α-hetero) is 1. The lowest BCUT2D eigenvalue weighted by atomic mass is 10.0. The van der Waals surface area contributed by atoms with Crippen molar-refractivity contribution in [1.29, 1.82) is 0 Å². The van der Waals surface area contributed by atoms with Gasteiger partial charge in [0.1, 0.15) is 16.5 Å². The van der Waals surface area contributed by atoms with Crippen LogP contribution in [0, 0.1) is 5.92 Å². The molecule has 8 heteroatoms. The van der Waals surface area contributed by atoms with E-state index in [9.17, 15) is 13.2 Å². The fourth-order valence-electron chi connectivity index (χ4n) is 5.50. The third-order valence-corrected chi connectivity index (χ3v) is 11.0. The van der Waals surface area contributed by atoms with Gasteiger partial charge >= 0.3 is 0 Å². The molecule has 0 aliphatic heterocycles. The van der Waals surface area contributed by atoms with Crippen LogP contribution in [0.15, 0.2) is 66.0 Å². The van der Waals surface area contributed by atoms with Gasteiger partial charge in [-0.15, -0.1) is 11.3 Å². The first-order chi connectivity index (χ1) is 17.9. The van der Waals surface area contributed by atoms with Gasteiger partial charge in [-0.25, -0.2) is 13.4 Å². The molecule has 0 N–H and O–H groups in total. The molecular formula is C29H27ClN2O3S2. The van der Waals surface area contributed by atoms with Gasteiger partial charge in [0.25, 0.3) is 0 Å². The Morgan fingerprint density at radius 3 is 2.59 bits per heavy atom. The Morgan fingerprint density at radius 1 is 1.03 bits per heavy atom. The number of fused-ring (bicyclic) bond motifs is 1. The number of aromatic nitrogens is 2. The summed E-state index contributed by atoms with van der Waals surface area (Å²) in [5.74, 6) is 0.785. The number of carbonyl (C=O) groups excluding carboxylic acids is 1. The van der Waals surface area contributed by atoms with Gasteiger partial charge in [-0.2, -0.15) is 0 Å². The zero-order valence-electron chi connectivity index (χ0n) is 20.3. The molecular weight excluding hydrogens is 524 g/mol. The molecule has 4 aromatic rings. The predicted molar refractivity (Wildman–Crippen MR) is 147 cm³/mol. The lowest BCUT2D eigenvalue weighted by Crippen LogP contribution is -2.07. The van der Waals surface area contributed by atoms with Crippen molar-refractivity contribution in [2.45, 2.75) is 61.0 Å². The molecule has 0 saturated heterocycles. The lowest BCUT2D eigenvalue weighted by Gasteiger charge is -2.06. The number of rotatable bonds is 8. The topological polar surface area (TPSA) is 77.0 Å². The van der Waals surface area contributed by atoms with Gasteiger partial charge in [0.2, 0.25) is 0 Å². The molecule has 0 radical (unpaired) electrons. The van der Waals surface area contributed by atoms with Crippen LogP contribution in [0.3, 0.4) is 0 Å². The van der Waals surface area contributed by atoms with E-state index in [1.165, 1.54) is 41.9 Å². The molecule has 2 fully saturated rings. The van der Waals surface area contributed by atoms with Crippen LogP contribution in [-0.4, -0.2) is 24.2 Å². The van der Waals surface area contributed by atoms with Crippen LogP contribution in [0.1, 0.15) is 65.0 Å². The van der Waals surface area contributed by atoms with Gasteiger partial charge in [-0.05, 0) is 60.4 Å². The molecule has 2 saturated carbocycles. The number of ketones is 1. The zero-order valence-corrected chi connectivity index (χ0v) is 22.7. The lowest BCUT2D eigenvalue weighted by molar-refractivity contribution is -0.119. The van der Waals surface area contributed by atoms with E-state index in [1.54, 1.807) is 24.5 Å². The highest BCUT2D eigenvalue weighted by Gasteiger charge is 2.43. The van der Waals surface area contributed by atoms with Crippen molar-refractivity contribution in [3.05, 3.63) is 87.1 Å². The van der Waals surface area contributed by atoms with Crippen molar-refractivity contribution in [3.8, 4) is 0 Å². The summed E-state index contributed by atoms with van der Waals surface area (Å²) in [6, 6.07) is 12.9. The number of halogens is 1. The van der Waals surface area contributed by atoms with Gasteiger partial charge in [-0.1, -0.05) is 48.7 Å². The van der Waals surface area contributed by atoms with Crippen LogP contribution >= 0.6 is 22.9 Å². The molecule has 2 aliphatic rings. The van der Waals surface area contributed by atoms with E-state index in [-0.39, 0.29) is 23.4 Å². The van der Waals surface area contributed by atoms with Crippen molar-refractivity contribution >= 4 is 49.3 Å². The molecule has 0 amide bonds. The first-order valence-electron chi connectivity index (χ1n) is 12.7. The third kappa shape index (κ3) is 5.22. The maximum Gasteiger partial charge on any atom is 0.184 e. The van der Waals surface area contributed by atoms with Crippen LogP contribution in [0.2, 0.25) is 5.02 Å². The van der Waals surface area contributed by atoms with Crippen molar-refractivity contribution < 1.29 is 13.2 Å². The van der Waals surface area contributed by atoms with Crippen LogP contribution in [0.4, 0.5) is 0 Å². The maximum atomic E-state index is 13.0. The fraction of sp³-hybridized carbons (Fsp3) is 0.345. The number of sulfone groups is 1. The Labute approximate surface area is 225 Å². The SMILES string of the molecule is O=C(Cc1ccc2cncc(Cl)c2c1)[C@@H]1C[C@H]1c1ccc(S(=O)(=O)Cc2ncc(C3CCCC3)s2)cc1. The summed E-state index contributed by atoms with van der Waals surface area (Å²) in [5, 5.41) is 3.09. The second-order valence-electron chi connectivity index (χ2n) is 10.2. The Kier molecular flexibility index (Phi) is 6.63. The van der Waals surface area contributed by atoms with Crippen LogP contribution in [0.5, 0.6) is 0 Å². The Morgan fingerprint density at radius 2 is 1.81 bits per heavy atom. The van der Waals surface area contributed by atoms with E-state index in [0.717, 1.165) is 28.3 Å². The first-order valence-corrected chi connectivity index (χ1v) is 15.5. The maximum absolute atomic E-state index is 13.0. The molecule has 5 nitrogen and oxygen atoms in total. The van der Waals surface area contributed by atoms with Gasteiger partial charge in [0.15, 0.2) is 9.84 Å². The second-order valence-corrected chi connectivity index (χ2v) is 13.8. The summed E-state index contributed by atoms with van der Waals surface area (Å²) in [7, 11) is -3.47. The highest BCUT2D eigenvalue weighted by molar-refractivity contribution is 7.90. The monoisotopic (exact) mass is 550 g/mol. The number of pyridine rings is 1. The Hall–Kier alpha value is -2.61. The van der Waals surface area contributed by atoms with Crippen molar-refractivity contribution in [3.63, 3.8) is 0 Å². The van der Waals surface area contributed by atoms with Crippen molar-refractivity contribution in [2.24, 2.45) is 5.92 Å². The van der Waals surface area contributed by atoms with E-state index < -0.39 is 9.84 Å². The number of hydrogen-bond donors (Lipinski definition) is 0. The summed E-state index contributed by atoms with van der Waals surface area (Å²) >= 11 is 7.81. The average Bonchev–Trinajstić information content (AvgIpc) is 3.26. The molecule has 0 bridgehead atoms. The van der Waals surface area contributed by atoms with E-state index in [0.29, 0.717) is 27.3 Å². The van der Waals surface area contributed by atoms with Crippen molar-refractivity contribution in [1.82, 2.24) is 9.97 Å². The first kappa shape index (κ1) is 24.7. The van der Waals surface area contributed by atoms with E-state index in [2.05, 4.69) is 9.97 Å². The largest absolute Gasteiger partial charge is 0.299 e. The zero-order chi connectivity index (χ0) is 25.6. The second kappa shape index (κ2) is 9.93. The third-order valence-electron chi connectivity index (χ3n) is 7.67. The van der Waals surface area contributed by atoms with Gasteiger partial charge in [0.05, 0.1) is 9.92 Å². The molecule has 2 atom stereocenters. The Bertz CT molecular complexity index is 1570. The highest BCUT2D eigenvalue weighted by atomic mass is 35.5. The molecule has 2 aromatic carbocycles. The summed E-state index contributed by atoms with van der Waals surface area (Å²) in [5.41, 5.74) is 1.96. The summed E-state index contributed by atoms with van der Waals surface area (Å²) in [6.07, 6.45) is 11.2. The fourth-order valence-corrected chi connectivity index (χ4v) is 8.42. The van der Waals surface area contributed by atoms with Crippen LogP contribution in [0.25, 0.3) is 10.8 Å². The van der Waals surface area contributed by atoms with Crippen molar-refractivity contribution in [2.75, 3.05) is 0 Å². The molecule has 37 heavy (non-hydrogen) atoms. The molecule has 2 aromatic heterocycles. The van der Waals surface area contributed by atoms with E-state index in [1.807, 2.05) is 36.5 Å². The molecule has 0 unspecified atom stereocenters. The number of hydrogen-bond acceptors (Lipinski definition) is 6. The highest BCUT2D eigenvalue weighted by Crippen LogP contribution is 2.48. The Balaban J connectivity index is 1.09. The van der Waals surface area contributed by atoms with Gasteiger partial charge < -0.3 is 0 Å². The van der Waals surface area contributed by atoms with E-state index >= 15 is 0 Å². The minimum absolute atomic E-state index is 0.0320. The minimum atomic E-state index is -3.47. The normalized spacial score (nSPS) is 19.9. The standard InChI is InChI=1S/C29H27ClN2O3S2/c30-26-15-31-14-21-6-5-18(11-24(21)26)12-27(33)25-13-23(25)19-7-9-22(10-8-19)37(34,35)17-29-32-16-28(36-29)20-3-1-2-4-20/h5-11,14-16,20,23,25H,1-4,12-13,17H2/t23-,25+/m0/s1. The molecule has 190 valence electrons. The predicted octanol–water partition coefficient (Wildman–Crippen LogP) is 6.89. The minimum Gasteiger partial charge on any atom is -0.299 e. The molecule has 6 rings (SSSR count). The number of carbonyl (C=O) groups is 1. The van der Waals surface area contributed by atoms with Crippen LogP contribution < -0.4 is 0 Å². The van der Waals surface area contributed by atoms with Gasteiger partial charge in [-0.3, -0.25) is 9.78 Å². The smallest absolute Gasteiger partial charge is 0.184 e. The quantitative estimate of drug-likeness (QED) is 0.239. The number of nitrogens with zero attached hydrogens (tertiary/aromatic N) is 2. The summed E-state index contributed by atoms with van der Waals surface area (Å²) < 4.78 is 26.0. The summed E-state index contributed by atoms with van der Waals surface area (Å²) in [6.45, 7) is 0. The molecule has 2 aliphatic carbocycles. The molecule has 2 heterocycles. The number of thiazole rings is 1.